The second-order valence-corrected chi connectivity index (χ2v) is 7.27. The summed E-state index contributed by atoms with van der Waals surface area (Å²) in [6.45, 7) is 1.46. The van der Waals surface area contributed by atoms with Crippen LogP contribution in [0.1, 0.15) is 0 Å². The van der Waals surface area contributed by atoms with Gasteiger partial charge in [0.05, 0.1) is 17.8 Å². The monoisotopic (exact) mass is 345 g/mol. The van der Waals surface area contributed by atoms with Gasteiger partial charge in [-0.2, -0.15) is 0 Å². The van der Waals surface area contributed by atoms with E-state index in [9.17, 15) is 4.57 Å². The highest BCUT2D eigenvalue weighted by Crippen LogP contribution is 2.47. The van der Waals surface area contributed by atoms with Gasteiger partial charge in [-0.05, 0) is 30.3 Å². The average molecular weight is 346 g/mol. The zero-order chi connectivity index (χ0) is 15.5. The Hall–Kier alpha value is -1.35. The van der Waals surface area contributed by atoms with Crippen LogP contribution in [0.4, 0.5) is 5.69 Å². The minimum atomic E-state index is -3.18. The van der Waals surface area contributed by atoms with Crippen LogP contribution in [-0.2, 0) is 4.57 Å². The lowest BCUT2D eigenvalue weighted by molar-refractivity contribution is 0.391. The van der Waals surface area contributed by atoms with E-state index in [4.69, 9.17) is 32.5 Å². The zero-order valence-electron chi connectivity index (χ0n) is 11.5. The second kappa shape index (κ2) is 6.61. The van der Waals surface area contributed by atoms with E-state index in [-0.39, 0.29) is 0 Å². The number of benzene rings is 2. The number of nitrogens with one attached hydrogen (secondary N) is 1. The fraction of sp³-hybridized carbons (Fsp3) is 0.143. The van der Waals surface area contributed by atoms with Crippen molar-refractivity contribution >= 4 is 36.4 Å². The summed E-state index contributed by atoms with van der Waals surface area (Å²) in [5.74, 6) is 0.895. The molecule has 0 radical (unpaired) electrons. The van der Waals surface area contributed by atoms with Crippen molar-refractivity contribution in [3.63, 3.8) is 0 Å². The topological polar surface area (TPSA) is 47.6 Å². The molecule has 2 rings (SSSR count). The number of hydrogen-bond donors (Lipinski definition) is 1. The Morgan fingerprint density at radius 3 is 2.38 bits per heavy atom. The summed E-state index contributed by atoms with van der Waals surface area (Å²) in [6.07, 6.45) is 0. The fourth-order valence-electron chi connectivity index (χ4n) is 1.70. The summed E-state index contributed by atoms with van der Waals surface area (Å²) >= 11 is 11.9. The maximum absolute atomic E-state index is 12.6. The molecule has 1 unspecified atom stereocenters. The molecule has 0 saturated carbocycles. The van der Waals surface area contributed by atoms with Crippen LogP contribution < -0.4 is 14.3 Å². The van der Waals surface area contributed by atoms with Crippen molar-refractivity contribution < 1.29 is 13.8 Å². The standard InChI is InChI=1S/C14H14Cl2NO3P/c1-19-13-5-3-4-6-14(13)20-21(2,18)17-12-8-7-10(15)9-11(12)16/h3-9H,1-2H3,(H,17,18). The van der Waals surface area contributed by atoms with Gasteiger partial charge in [-0.25, -0.2) is 0 Å². The number of ether oxygens (including phenoxy) is 1. The van der Waals surface area contributed by atoms with E-state index >= 15 is 0 Å². The van der Waals surface area contributed by atoms with Crippen molar-refractivity contribution in [3.8, 4) is 11.5 Å². The number of para-hydroxylation sites is 2. The Morgan fingerprint density at radius 2 is 1.76 bits per heavy atom. The van der Waals surface area contributed by atoms with Gasteiger partial charge in [0.2, 0.25) is 0 Å². The van der Waals surface area contributed by atoms with Gasteiger partial charge in [0.1, 0.15) is 0 Å². The highest BCUT2D eigenvalue weighted by atomic mass is 35.5. The Balaban J connectivity index is 2.20. The molecule has 0 aromatic heterocycles. The normalized spacial score (nSPS) is 13.3. The van der Waals surface area contributed by atoms with Gasteiger partial charge >= 0.3 is 7.52 Å². The van der Waals surface area contributed by atoms with Crippen LogP contribution in [0.3, 0.4) is 0 Å². The number of hydrogen-bond acceptors (Lipinski definition) is 3. The quantitative estimate of drug-likeness (QED) is 0.745. The van der Waals surface area contributed by atoms with E-state index < -0.39 is 7.52 Å². The molecule has 0 aliphatic rings. The van der Waals surface area contributed by atoms with Crippen molar-refractivity contribution in [1.29, 1.82) is 0 Å². The Labute approximate surface area is 133 Å². The van der Waals surface area contributed by atoms with Crippen LogP contribution in [0, 0.1) is 0 Å². The predicted molar refractivity (Wildman–Crippen MR) is 87.2 cm³/mol. The molecule has 0 spiro atoms. The first kappa shape index (κ1) is 16.0. The van der Waals surface area contributed by atoms with Crippen molar-refractivity contribution in [2.75, 3.05) is 18.9 Å². The number of anilines is 1. The van der Waals surface area contributed by atoms with Crippen LogP contribution in [-0.4, -0.2) is 13.8 Å². The van der Waals surface area contributed by atoms with Gasteiger partial charge in [-0.1, -0.05) is 35.3 Å². The summed E-state index contributed by atoms with van der Waals surface area (Å²) in [4.78, 5) is 0. The van der Waals surface area contributed by atoms with Crippen molar-refractivity contribution in [2.45, 2.75) is 0 Å². The van der Waals surface area contributed by atoms with Crippen LogP contribution >= 0.6 is 30.7 Å². The van der Waals surface area contributed by atoms with Gasteiger partial charge in [-0.15, -0.1) is 0 Å². The highest BCUT2D eigenvalue weighted by Gasteiger charge is 2.20. The Bertz CT molecular complexity index is 694. The van der Waals surface area contributed by atoms with Crippen molar-refractivity contribution in [1.82, 2.24) is 0 Å². The summed E-state index contributed by atoms with van der Waals surface area (Å²) in [5.41, 5.74) is 0.488. The molecule has 0 fully saturated rings. The third-order valence-corrected chi connectivity index (χ3v) is 4.34. The first-order valence-electron chi connectivity index (χ1n) is 6.05. The molecule has 2 aromatic rings. The fourth-order valence-corrected chi connectivity index (χ4v) is 3.43. The lowest BCUT2D eigenvalue weighted by atomic mass is 10.3. The van der Waals surface area contributed by atoms with E-state index in [0.717, 1.165) is 0 Å². The Morgan fingerprint density at radius 1 is 1.10 bits per heavy atom. The van der Waals surface area contributed by atoms with E-state index in [2.05, 4.69) is 5.09 Å². The molecule has 0 aliphatic carbocycles. The third-order valence-electron chi connectivity index (χ3n) is 2.60. The molecule has 21 heavy (non-hydrogen) atoms. The van der Waals surface area contributed by atoms with E-state index in [1.165, 1.54) is 13.8 Å². The van der Waals surface area contributed by atoms with Crippen LogP contribution in [0.2, 0.25) is 10.0 Å². The molecule has 112 valence electrons. The number of methoxy groups -OCH3 is 1. The summed E-state index contributed by atoms with van der Waals surface area (Å²) in [5, 5.41) is 3.67. The molecule has 2 aromatic carbocycles. The second-order valence-electron chi connectivity index (χ2n) is 4.32. The highest BCUT2D eigenvalue weighted by molar-refractivity contribution is 7.60. The predicted octanol–water partition coefficient (Wildman–Crippen LogP) is 5.32. The molecule has 0 amide bonds. The van der Waals surface area contributed by atoms with Gasteiger partial charge in [0.25, 0.3) is 0 Å². The molecule has 1 atom stereocenters. The molecular formula is C14H14Cl2NO3P. The molecule has 1 N–H and O–H groups in total. The van der Waals surface area contributed by atoms with Crippen molar-refractivity contribution in [3.05, 3.63) is 52.5 Å². The lowest BCUT2D eigenvalue weighted by Crippen LogP contribution is -2.03. The SMILES string of the molecule is COc1ccccc1OP(C)(=O)Nc1ccc(Cl)cc1Cl. The van der Waals surface area contributed by atoms with E-state index in [1.54, 1.807) is 42.5 Å². The lowest BCUT2D eigenvalue weighted by Gasteiger charge is -2.19. The van der Waals surface area contributed by atoms with Crippen molar-refractivity contribution in [2.24, 2.45) is 0 Å². The molecule has 0 aliphatic heterocycles. The van der Waals surface area contributed by atoms with E-state index in [1.807, 2.05) is 0 Å². The third kappa shape index (κ3) is 4.31. The molecule has 0 heterocycles. The zero-order valence-corrected chi connectivity index (χ0v) is 13.9. The van der Waals surface area contributed by atoms with E-state index in [0.29, 0.717) is 27.2 Å². The first-order valence-corrected chi connectivity index (χ1v) is 8.87. The summed E-state index contributed by atoms with van der Waals surface area (Å²) in [6, 6.07) is 11.8. The van der Waals surface area contributed by atoms with Crippen LogP contribution in [0.5, 0.6) is 11.5 Å². The smallest absolute Gasteiger partial charge is 0.338 e. The first-order chi connectivity index (χ1) is 9.91. The molecule has 0 bridgehead atoms. The van der Waals surface area contributed by atoms with Gasteiger partial charge < -0.3 is 14.3 Å². The molecular weight excluding hydrogens is 332 g/mol. The minimum Gasteiger partial charge on any atom is -0.493 e. The molecule has 7 heteroatoms. The van der Waals surface area contributed by atoms with Gasteiger partial charge in [-0.3, -0.25) is 4.57 Å². The van der Waals surface area contributed by atoms with Crippen LogP contribution in [0.15, 0.2) is 42.5 Å². The number of halogens is 2. The minimum absolute atomic E-state index is 0.369. The van der Waals surface area contributed by atoms with Gasteiger partial charge in [0.15, 0.2) is 11.5 Å². The maximum atomic E-state index is 12.6. The molecule has 0 saturated heterocycles. The summed E-state index contributed by atoms with van der Waals surface area (Å²) in [7, 11) is -1.66. The largest absolute Gasteiger partial charge is 0.493 e. The number of rotatable bonds is 5. The average Bonchev–Trinajstić information content (AvgIpc) is 2.42. The summed E-state index contributed by atoms with van der Waals surface area (Å²) < 4.78 is 23.3. The Kier molecular flexibility index (Phi) is 5.04. The van der Waals surface area contributed by atoms with Crippen LogP contribution in [0.25, 0.3) is 0 Å². The van der Waals surface area contributed by atoms with Gasteiger partial charge in [0, 0.05) is 11.7 Å². The molecule has 4 nitrogen and oxygen atoms in total. The maximum Gasteiger partial charge on any atom is 0.338 e.